The Morgan fingerprint density at radius 2 is 1.96 bits per heavy atom. The third-order valence-corrected chi connectivity index (χ3v) is 3.55. The summed E-state index contributed by atoms with van der Waals surface area (Å²) in [5.74, 6) is -0.586. The first-order chi connectivity index (χ1) is 11.7. The second-order valence-corrected chi connectivity index (χ2v) is 5.91. The average molecular weight is 397 g/mol. The molecule has 0 saturated heterocycles. The molecule has 136 valence electrons. The van der Waals surface area contributed by atoms with Crippen LogP contribution in [0.25, 0.3) is 0 Å². The number of carbonyl (C=O) groups excluding carboxylic acids is 1. The van der Waals surface area contributed by atoms with Gasteiger partial charge in [-0.05, 0) is 23.8 Å². The first-order valence-corrected chi connectivity index (χ1v) is 7.67. The minimum absolute atomic E-state index is 0.157. The molecule has 11 heteroatoms. The van der Waals surface area contributed by atoms with Gasteiger partial charge in [-0.15, -0.1) is 0 Å². The van der Waals surface area contributed by atoms with Crippen LogP contribution < -0.4 is 5.32 Å². The number of aryl methyl sites for hydroxylation is 1. The monoisotopic (exact) mass is 396 g/mol. The van der Waals surface area contributed by atoms with Crippen LogP contribution in [0.15, 0.2) is 24.5 Å². The highest BCUT2D eigenvalue weighted by atomic mass is 35.5. The minimum Gasteiger partial charge on any atom is -0.456 e. The van der Waals surface area contributed by atoms with Crippen molar-refractivity contribution in [1.82, 2.24) is 20.1 Å². The Bertz CT molecular complexity index is 732. The summed E-state index contributed by atoms with van der Waals surface area (Å²) in [5, 5.41) is 6.29. The number of nitrogens with one attached hydrogen (secondary N) is 1. The average Bonchev–Trinajstić information content (AvgIpc) is 2.88. The maximum atomic E-state index is 12.5. The van der Waals surface area contributed by atoms with E-state index in [0.717, 1.165) is 0 Å². The minimum atomic E-state index is -4.51. The SMILES string of the molecule is Cn1ncnc1COC(=O)[C@H](NCC(F)(F)F)c1cc(Cl)cc(Cl)c1. The molecule has 6 nitrogen and oxygen atoms in total. The van der Waals surface area contributed by atoms with Crippen LogP contribution in [0.2, 0.25) is 10.0 Å². The van der Waals surface area contributed by atoms with Crippen LogP contribution in [0.5, 0.6) is 0 Å². The molecule has 1 atom stereocenters. The standard InChI is InChI=1S/C14H13Cl2F3N4O2/c1-23-11(21-7-22-23)5-25-13(24)12(20-6-14(17,18)19)8-2-9(15)4-10(16)3-8/h2-4,7,12,20H,5-6H2,1H3/t12-/m1/s1. The maximum absolute atomic E-state index is 12.5. The third-order valence-electron chi connectivity index (χ3n) is 3.11. The van der Waals surface area contributed by atoms with Gasteiger partial charge in [-0.25, -0.2) is 9.78 Å². The Morgan fingerprint density at radius 3 is 2.48 bits per heavy atom. The van der Waals surface area contributed by atoms with Crippen molar-refractivity contribution in [1.29, 1.82) is 0 Å². The Labute approximate surface area is 150 Å². The molecular formula is C14H13Cl2F3N4O2. The highest BCUT2D eigenvalue weighted by Crippen LogP contribution is 2.25. The second kappa shape index (κ2) is 8.03. The number of esters is 1. The van der Waals surface area contributed by atoms with Gasteiger partial charge in [-0.2, -0.15) is 18.3 Å². The Morgan fingerprint density at radius 1 is 1.32 bits per heavy atom. The molecular weight excluding hydrogens is 384 g/mol. The zero-order chi connectivity index (χ0) is 18.6. The van der Waals surface area contributed by atoms with Crippen LogP contribution in [0, 0.1) is 0 Å². The number of ether oxygens (including phenoxy) is 1. The molecule has 25 heavy (non-hydrogen) atoms. The van der Waals surface area contributed by atoms with Crippen LogP contribution in [0.3, 0.4) is 0 Å². The molecule has 0 radical (unpaired) electrons. The number of hydrogen-bond donors (Lipinski definition) is 1. The summed E-state index contributed by atoms with van der Waals surface area (Å²) >= 11 is 11.7. The second-order valence-electron chi connectivity index (χ2n) is 5.04. The fourth-order valence-electron chi connectivity index (χ4n) is 1.97. The first kappa shape index (κ1) is 19.5. The molecule has 0 bridgehead atoms. The molecule has 0 aliphatic carbocycles. The molecule has 1 N–H and O–H groups in total. The van der Waals surface area contributed by atoms with Crippen molar-refractivity contribution in [2.45, 2.75) is 18.8 Å². The van der Waals surface area contributed by atoms with Gasteiger partial charge in [0.25, 0.3) is 0 Å². The van der Waals surface area contributed by atoms with Gasteiger partial charge in [0.2, 0.25) is 0 Å². The van der Waals surface area contributed by atoms with Gasteiger partial charge in [-0.1, -0.05) is 23.2 Å². The van der Waals surface area contributed by atoms with Crippen LogP contribution >= 0.6 is 23.2 Å². The van der Waals surface area contributed by atoms with Crippen LogP contribution in [-0.2, 0) is 23.2 Å². The van der Waals surface area contributed by atoms with Crippen molar-refractivity contribution in [3.05, 3.63) is 46.0 Å². The Hall–Kier alpha value is -1.84. The van der Waals surface area contributed by atoms with E-state index in [9.17, 15) is 18.0 Å². The zero-order valence-corrected chi connectivity index (χ0v) is 14.4. The zero-order valence-electron chi connectivity index (χ0n) is 12.8. The van der Waals surface area contributed by atoms with E-state index in [2.05, 4.69) is 15.4 Å². The number of carbonyl (C=O) groups is 1. The lowest BCUT2D eigenvalue weighted by Crippen LogP contribution is -2.37. The number of aromatic nitrogens is 3. The molecule has 0 saturated carbocycles. The molecule has 2 rings (SSSR count). The van der Waals surface area contributed by atoms with E-state index in [0.29, 0.717) is 5.82 Å². The highest BCUT2D eigenvalue weighted by Gasteiger charge is 2.32. The largest absolute Gasteiger partial charge is 0.456 e. The summed E-state index contributed by atoms with van der Waals surface area (Å²) in [6.07, 6.45) is -3.25. The molecule has 1 heterocycles. The van der Waals surface area contributed by atoms with Crippen molar-refractivity contribution in [2.24, 2.45) is 7.05 Å². The summed E-state index contributed by atoms with van der Waals surface area (Å²) in [6, 6.07) is 2.68. The number of benzene rings is 1. The van der Waals surface area contributed by atoms with Gasteiger partial charge >= 0.3 is 12.1 Å². The van der Waals surface area contributed by atoms with E-state index >= 15 is 0 Å². The van der Waals surface area contributed by atoms with E-state index in [1.54, 1.807) is 7.05 Å². The van der Waals surface area contributed by atoms with E-state index in [4.69, 9.17) is 27.9 Å². The lowest BCUT2D eigenvalue weighted by atomic mass is 10.1. The number of alkyl halides is 3. The fourth-order valence-corrected chi connectivity index (χ4v) is 2.51. The van der Waals surface area contributed by atoms with E-state index in [1.807, 2.05) is 0 Å². The predicted molar refractivity (Wildman–Crippen MR) is 84.1 cm³/mol. The number of nitrogens with zero attached hydrogens (tertiary/aromatic N) is 3. The lowest BCUT2D eigenvalue weighted by molar-refractivity contribution is -0.151. The van der Waals surface area contributed by atoms with Crippen molar-refractivity contribution in [3.63, 3.8) is 0 Å². The molecule has 0 aliphatic heterocycles. The Kier molecular flexibility index (Phi) is 6.26. The van der Waals surface area contributed by atoms with Gasteiger partial charge in [-0.3, -0.25) is 10.00 Å². The number of halogens is 5. The summed E-state index contributed by atoms with van der Waals surface area (Å²) < 4.78 is 44.0. The maximum Gasteiger partial charge on any atom is 0.401 e. The van der Waals surface area contributed by atoms with E-state index in [-0.39, 0.29) is 22.2 Å². The topological polar surface area (TPSA) is 69.0 Å². The van der Waals surface area contributed by atoms with E-state index in [1.165, 1.54) is 29.2 Å². The van der Waals surface area contributed by atoms with Gasteiger partial charge in [0.15, 0.2) is 12.4 Å². The predicted octanol–water partition coefficient (Wildman–Crippen LogP) is 3.06. The first-order valence-electron chi connectivity index (χ1n) is 6.91. The number of rotatable bonds is 6. The van der Waals surface area contributed by atoms with Gasteiger partial charge in [0.05, 0.1) is 6.54 Å². The van der Waals surface area contributed by atoms with Crippen LogP contribution in [0.1, 0.15) is 17.4 Å². The van der Waals surface area contributed by atoms with Gasteiger partial charge < -0.3 is 4.74 Å². The lowest BCUT2D eigenvalue weighted by Gasteiger charge is -2.19. The van der Waals surface area contributed by atoms with Crippen molar-refractivity contribution < 1.29 is 22.7 Å². The summed E-state index contributed by atoms with van der Waals surface area (Å²) in [4.78, 5) is 16.2. The summed E-state index contributed by atoms with van der Waals surface area (Å²) in [5.41, 5.74) is 0.157. The van der Waals surface area contributed by atoms with Gasteiger partial charge in [0.1, 0.15) is 12.4 Å². The molecule has 0 fully saturated rings. The molecule has 0 aliphatic rings. The molecule has 1 aromatic carbocycles. The molecule has 0 spiro atoms. The van der Waals surface area contributed by atoms with Crippen LogP contribution in [-0.4, -0.2) is 33.5 Å². The van der Waals surface area contributed by atoms with Crippen molar-refractivity contribution in [2.75, 3.05) is 6.54 Å². The highest BCUT2D eigenvalue weighted by molar-refractivity contribution is 6.34. The molecule has 1 aromatic heterocycles. The Balaban J connectivity index is 2.17. The molecule has 0 amide bonds. The quantitative estimate of drug-likeness (QED) is 0.759. The normalized spacial score (nSPS) is 12.9. The fraction of sp³-hybridized carbons (Fsp3) is 0.357. The molecule has 0 unspecified atom stereocenters. The van der Waals surface area contributed by atoms with Crippen molar-refractivity contribution >= 4 is 29.2 Å². The molecule has 2 aromatic rings. The van der Waals surface area contributed by atoms with Crippen LogP contribution in [0.4, 0.5) is 13.2 Å². The van der Waals surface area contributed by atoms with E-state index < -0.39 is 24.7 Å². The smallest absolute Gasteiger partial charge is 0.401 e. The third kappa shape index (κ3) is 5.87. The van der Waals surface area contributed by atoms with Crippen molar-refractivity contribution in [3.8, 4) is 0 Å². The van der Waals surface area contributed by atoms with Gasteiger partial charge in [0, 0.05) is 17.1 Å². The summed E-state index contributed by atoms with van der Waals surface area (Å²) in [7, 11) is 1.59. The number of hydrogen-bond acceptors (Lipinski definition) is 5. The summed E-state index contributed by atoms with van der Waals surface area (Å²) in [6.45, 7) is -1.63.